The van der Waals surface area contributed by atoms with Crippen molar-refractivity contribution in [3.05, 3.63) is 72.3 Å². The van der Waals surface area contributed by atoms with E-state index in [9.17, 15) is 4.79 Å². The number of nitrogens with zero attached hydrogens (tertiary/aromatic N) is 4. The molecule has 1 unspecified atom stereocenters. The summed E-state index contributed by atoms with van der Waals surface area (Å²) in [6, 6.07) is 13.4. The number of H-pyrrole nitrogens is 1. The number of amides is 1. The zero-order valence-electron chi connectivity index (χ0n) is 15.7. The molecule has 4 heterocycles. The summed E-state index contributed by atoms with van der Waals surface area (Å²) in [5.74, 6) is 0.682. The van der Waals surface area contributed by atoms with Crippen LogP contribution in [0.1, 0.15) is 28.4 Å². The van der Waals surface area contributed by atoms with E-state index in [0.717, 1.165) is 34.1 Å². The Morgan fingerprint density at radius 2 is 2.03 bits per heavy atom. The van der Waals surface area contributed by atoms with Crippen LogP contribution in [0.25, 0.3) is 22.0 Å². The Morgan fingerprint density at radius 3 is 2.93 bits per heavy atom. The first kappa shape index (κ1) is 17.4. The van der Waals surface area contributed by atoms with Crippen LogP contribution in [0.5, 0.6) is 0 Å². The smallest absolute Gasteiger partial charge is 0.256 e. The van der Waals surface area contributed by atoms with Crippen molar-refractivity contribution in [2.24, 2.45) is 0 Å². The van der Waals surface area contributed by atoms with Gasteiger partial charge in [0.25, 0.3) is 5.91 Å². The number of benzene rings is 1. The van der Waals surface area contributed by atoms with Crippen LogP contribution >= 0.6 is 0 Å². The normalized spacial score (nSPS) is 16.4. The van der Waals surface area contributed by atoms with Crippen LogP contribution in [0.15, 0.2) is 61.1 Å². The number of hydrogen-bond acceptors (Lipinski definition) is 5. The Morgan fingerprint density at radius 1 is 1.14 bits per heavy atom. The molecule has 4 aromatic rings. The van der Waals surface area contributed by atoms with E-state index in [0.29, 0.717) is 24.5 Å². The molecule has 1 aliphatic rings. The molecular formula is C22H20N6O. The first-order chi connectivity index (χ1) is 14.2. The van der Waals surface area contributed by atoms with Crippen molar-refractivity contribution >= 4 is 22.6 Å². The lowest BCUT2D eigenvalue weighted by Gasteiger charge is -2.17. The molecule has 7 nitrogen and oxygen atoms in total. The van der Waals surface area contributed by atoms with Gasteiger partial charge in [-0.1, -0.05) is 18.2 Å². The molecule has 1 saturated heterocycles. The molecule has 7 heteroatoms. The maximum Gasteiger partial charge on any atom is 0.256 e. The number of para-hydroxylation sites is 1. The van der Waals surface area contributed by atoms with Crippen LogP contribution in [-0.4, -0.2) is 44.1 Å². The monoisotopic (exact) mass is 384 g/mol. The number of nitrogens with two attached hydrogens (primary N) is 1. The van der Waals surface area contributed by atoms with Crippen molar-refractivity contribution < 1.29 is 4.79 Å². The van der Waals surface area contributed by atoms with Crippen LogP contribution < -0.4 is 5.73 Å². The minimum absolute atomic E-state index is 0.0195. The van der Waals surface area contributed by atoms with Crippen LogP contribution in [0.2, 0.25) is 0 Å². The lowest BCUT2D eigenvalue weighted by Crippen LogP contribution is -2.28. The summed E-state index contributed by atoms with van der Waals surface area (Å²) in [7, 11) is 0. The number of anilines is 1. The molecule has 1 amide bonds. The fourth-order valence-electron chi connectivity index (χ4n) is 4.08. The van der Waals surface area contributed by atoms with E-state index in [2.05, 4.69) is 20.2 Å². The quantitative estimate of drug-likeness (QED) is 0.565. The van der Waals surface area contributed by atoms with Gasteiger partial charge in [-0.3, -0.25) is 14.9 Å². The van der Waals surface area contributed by atoms with Gasteiger partial charge < -0.3 is 10.6 Å². The standard InChI is InChI=1S/C22H20N6O/c23-19-11-15(6-9-24-19)18-12-26-27-21(18)16-7-10-28(13-16)22(29)17-5-1-3-14-4-2-8-25-20(14)17/h1-6,8-9,11-12,16H,7,10,13H2,(H2,23,24)(H,26,27). The Hall–Kier alpha value is -3.74. The van der Waals surface area contributed by atoms with E-state index in [-0.39, 0.29) is 11.8 Å². The number of hydrogen-bond donors (Lipinski definition) is 2. The van der Waals surface area contributed by atoms with Gasteiger partial charge in [-0.15, -0.1) is 0 Å². The number of rotatable bonds is 3. The summed E-state index contributed by atoms with van der Waals surface area (Å²) in [5, 5.41) is 8.35. The van der Waals surface area contributed by atoms with Crippen molar-refractivity contribution in [3.8, 4) is 11.1 Å². The van der Waals surface area contributed by atoms with Gasteiger partial charge in [-0.25, -0.2) is 4.98 Å². The van der Waals surface area contributed by atoms with Gasteiger partial charge in [-0.2, -0.15) is 5.10 Å². The van der Waals surface area contributed by atoms with E-state index in [1.165, 1.54) is 0 Å². The number of aromatic amines is 1. The summed E-state index contributed by atoms with van der Waals surface area (Å²) in [4.78, 5) is 23.6. The van der Waals surface area contributed by atoms with E-state index in [1.54, 1.807) is 12.4 Å². The highest BCUT2D eigenvalue weighted by Crippen LogP contribution is 2.34. The molecule has 0 bridgehead atoms. The number of likely N-dealkylation sites (tertiary alicyclic amines) is 1. The van der Waals surface area contributed by atoms with Crippen molar-refractivity contribution in [1.82, 2.24) is 25.1 Å². The second-order valence-corrected chi connectivity index (χ2v) is 7.28. The van der Waals surface area contributed by atoms with Gasteiger partial charge in [0, 0.05) is 48.0 Å². The summed E-state index contributed by atoms with van der Waals surface area (Å²) >= 11 is 0. The van der Waals surface area contributed by atoms with Crippen LogP contribution in [0.3, 0.4) is 0 Å². The minimum atomic E-state index is 0.0195. The van der Waals surface area contributed by atoms with E-state index >= 15 is 0 Å². The largest absolute Gasteiger partial charge is 0.384 e. The Labute approximate surface area is 167 Å². The van der Waals surface area contributed by atoms with Gasteiger partial charge in [0.05, 0.1) is 17.3 Å². The summed E-state index contributed by atoms with van der Waals surface area (Å²) in [5.41, 5.74) is 10.2. The zero-order chi connectivity index (χ0) is 19.8. The zero-order valence-corrected chi connectivity index (χ0v) is 15.7. The minimum Gasteiger partial charge on any atom is -0.384 e. The molecule has 0 spiro atoms. The van der Waals surface area contributed by atoms with Gasteiger partial charge in [-0.05, 0) is 36.2 Å². The number of fused-ring (bicyclic) bond motifs is 1. The molecule has 1 atom stereocenters. The Balaban J connectivity index is 1.41. The van der Waals surface area contributed by atoms with Crippen molar-refractivity contribution in [2.45, 2.75) is 12.3 Å². The highest BCUT2D eigenvalue weighted by Gasteiger charge is 2.31. The molecule has 3 N–H and O–H groups in total. The molecule has 0 saturated carbocycles. The molecule has 3 aromatic heterocycles. The molecule has 144 valence electrons. The average Bonchev–Trinajstić information content (AvgIpc) is 3.42. The number of pyridine rings is 2. The molecule has 1 aromatic carbocycles. The van der Waals surface area contributed by atoms with Gasteiger partial charge in [0.1, 0.15) is 5.82 Å². The number of aromatic nitrogens is 4. The third-order valence-electron chi connectivity index (χ3n) is 5.51. The Kier molecular flexibility index (Phi) is 4.20. The fraction of sp³-hybridized carbons (Fsp3) is 0.182. The van der Waals surface area contributed by atoms with Crippen molar-refractivity contribution in [1.29, 1.82) is 0 Å². The Bertz CT molecular complexity index is 1200. The average molecular weight is 384 g/mol. The maximum absolute atomic E-state index is 13.2. The number of nitrogen functional groups attached to an aromatic ring is 1. The molecule has 29 heavy (non-hydrogen) atoms. The molecule has 1 fully saturated rings. The van der Waals surface area contributed by atoms with E-state index in [4.69, 9.17) is 5.73 Å². The van der Waals surface area contributed by atoms with E-state index < -0.39 is 0 Å². The lowest BCUT2D eigenvalue weighted by molar-refractivity contribution is 0.0792. The number of nitrogens with one attached hydrogen (secondary N) is 1. The first-order valence-electron chi connectivity index (χ1n) is 9.59. The first-order valence-corrected chi connectivity index (χ1v) is 9.59. The molecule has 1 aliphatic heterocycles. The van der Waals surface area contributed by atoms with Gasteiger partial charge in [0.15, 0.2) is 0 Å². The van der Waals surface area contributed by atoms with Gasteiger partial charge >= 0.3 is 0 Å². The molecular weight excluding hydrogens is 364 g/mol. The van der Waals surface area contributed by atoms with Crippen molar-refractivity contribution in [2.75, 3.05) is 18.8 Å². The molecule has 0 radical (unpaired) electrons. The molecule has 5 rings (SSSR count). The predicted octanol–water partition coefficient (Wildman–Crippen LogP) is 3.23. The SMILES string of the molecule is Nc1cc(-c2cn[nH]c2C2CCN(C(=O)c3cccc4cccnc34)C2)ccn1. The lowest BCUT2D eigenvalue weighted by atomic mass is 9.97. The third kappa shape index (κ3) is 3.10. The van der Waals surface area contributed by atoms with Crippen LogP contribution in [0, 0.1) is 0 Å². The highest BCUT2D eigenvalue weighted by molar-refractivity contribution is 6.05. The summed E-state index contributed by atoms with van der Waals surface area (Å²) in [6.45, 7) is 1.33. The fourth-order valence-corrected chi connectivity index (χ4v) is 4.08. The molecule has 0 aliphatic carbocycles. The third-order valence-corrected chi connectivity index (χ3v) is 5.51. The van der Waals surface area contributed by atoms with Crippen LogP contribution in [0.4, 0.5) is 5.82 Å². The van der Waals surface area contributed by atoms with Crippen molar-refractivity contribution in [3.63, 3.8) is 0 Å². The number of carbonyl (C=O) groups is 1. The van der Waals surface area contributed by atoms with Gasteiger partial charge in [0.2, 0.25) is 0 Å². The topological polar surface area (TPSA) is 101 Å². The second kappa shape index (κ2) is 7.01. The van der Waals surface area contributed by atoms with Crippen LogP contribution in [-0.2, 0) is 0 Å². The summed E-state index contributed by atoms with van der Waals surface area (Å²) < 4.78 is 0. The summed E-state index contributed by atoms with van der Waals surface area (Å²) in [6.07, 6.45) is 6.10. The van der Waals surface area contributed by atoms with E-state index in [1.807, 2.05) is 53.6 Å². The number of carbonyl (C=O) groups excluding carboxylic acids is 1. The second-order valence-electron chi connectivity index (χ2n) is 7.28. The highest BCUT2D eigenvalue weighted by atomic mass is 16.2. The maximum atomic E-state index is 13.2. The predicted molar refractivity (Wildman–Crippen MR) is 111 cm³/mol.